The quantitative estimate of drug-likeness (QED) is 0.521. The van der Waals surface area contributed by atoms with E-state index in [9.17, 15) is 4.57 Å². The molecule has 0 atom stereocenters. The summed E-state index contributed by atoms with van der Waals surface area (Å²) in [6.45, 7) is 0. The van der Waals surface area contributed by atoms with E-state index in [0.29, 0.717) is 0 Å². The van der Waals surface area contributed by atoms with E-state index in [4.69, 9.17) is 9.79 Å². The summed E-state index contributed by atoms with van der Waals surface area (Å²) in [7, 11) is -3.20. The van der Waals surface area contributed by atoms with Crippen LogP contribution < -0.4 is 0 Å². The number of hydrogen-bond donors (Lipinski definition) is 2. The summed E-state index contributed by atoms with van der Waals surface area (Å²) in [6, 6.07) is 0. The molecule has 6 heteroatoms. The van der Waals surface area contributed by atoms with Gasteiger partial charge in [0.2, 0.25) is 0 Å². The normalized spacial score (nSPS) is 10.1. The molecule has 0 unspecified atom stereocenters. The van der Waals surface area contributed by atoms with E-state index in [-0.39, 0.29) is 18.6 Å². The fourth-order valence-corrected chi connectivity index (χ4v) is 0. The predicted molar refractivity (Wildman–Crippen MR) is 19.1 cm³/mol. The molecule has 1 radical (unpaired) electrons. The summed E-state index contributed by atoms with van der Waals surface area (Å²) in [5.74, 6) is 0. The molecule has 2 N–H and O–H groups in total. The minimum absolute atomic E-state index is 0. The summed E-state index contributed by atoms with van der Waals surface area (Å²) in [5.41, 5.74) is 0. The van der Waals surface area contributed by atoms with Crippen molar-refractivity contribution in [3.63, 3.8) is 0 Å². The van der Waals surface area contributed by atoms with Gasteiger partial charge in [-0.25, -0.2) is 4.57 Å². The second kappa shape index (κ2) is 3.67. The maximum atomic E-state index is 9.47. The van der Waals surface area contributed by atoms with Gasteiger partial charge in [-0.15, -0.1) is 0 Å². The SMILES string of the molecule is COP(=O)(O)O.[V]. The molecular formula is CH5O4PV. The van der Waals surface area contributed by atoms with E-state index in [1.54, 1.807) is 0 Å². The maximum Gasteiger partial charge on any atom is 0.469 e. The first-order chi connectivity index (χ1) is 2.56. The van der Waals surface area contributed by atoms with Crippen molar-refractivity contribution in [2.24, 2.45) is 0 Å². The minimum atomic E-state index is -4.15. The van der Waals surface area contributed by atoms with Gasteiger partial charge in [-0.05, 0) is 0 Å². The van der Waals surface area contributed by atoms with Gasteiger partial charge in [-0.2, -0.15) is 0 Å². The maximum absolute atomic E-state index is 9.47. The van der Waals surface area contributed by atoms with E-state index in [0.717, 1.165) is 7.11 Å². The van der Waals surface area contributed by atoms with E-state index in [1.807, 2.05) is 0 Å². The Morgan fingerprint density at radius 2 is 1.71 bits per heavy atom. The Balaban J connectivity index is 0. The van der Waals surface area contributed by atoms with Crippen LogP contribution >= 0.6 is 7.82 Å². The molecule has 0 saturated carbocycles. The van der Waals surface area contributed by atoms with Gasteiger partial charge in [0.05, 0.1) is 0 Å². The summed E-state index contributed by atoms with van der Waals surface area (Å²) in [5, 5.41) is 0. The molecule has 0 saturated heterocycles. The van der Waals surface area contributed by atoms with Crippen LogP contribution in [-0.4, -0.2) is 16.9 Å². The van der Waals surface area contributed by atoms with Crippen LogP contribution in [0, 0.1) is 0 Å². The Bertz CT molecular complexity index is 75.8. The predicted octanol–water partition coefficient (Wildman–Crippen LogP) is -0.277. The van der Waals surface area contributed by atoms with Crippen molar-refractivity contribution in [1.29, 1.82) is 0 Å². The van der Waals surface area contributed by atoms with Crippen molar-refractivity contribution in [3.8, 4) is 0 Å². The van der Waals surface area contributed by atoms with E-state index in [1.165, 1.54) is 0 Å². The van der Waals surface area contributed by atoms with Gasteiger partial charge >= 0.3 is 7.82 Å². The van der Waals surface area contributed by atoms with E-state index >= 15 is 0 Å². The zero-order valence-corrected chi connectivity index (χ0v) is 5.90. The summed E-state index contributed by atoms with van der Waals surface area (Å²) in [4.78, 5) is 15.4. The van der Waals surface area contributed by atoms with Gasteiger partial charge in [0, 0.05) is 25.7 Å². The van der Waals surface area contributed by atoms with Crippen LogP contribution in [0.3, 0.4) is 0 Å². The third-order valence-corrected chi connectivity index (χ3v) is 0.714. The molecule has 0 aliphatic heterocycles. The van der Waals surface area contributed by atoms with Crippen LogP contribution in [0.5, 0.6) is 0 Å². The largest absolute Gasteiger partial charge is 0.469 e. The average molecular weight is 163 g/mol. The van der Waals surface area contributed by atoms with Gasteiger partial charge in [0.25, 0.3) is 0 Å². The van der Waals surface area contributed by atoms with E-state index < -0.39 is 7.82 Å². The van der Waals surface area contributed by atoms with Gasteiger partial charge in [0.15, 0.2) is 0 Å². The molecule has 0 bridgehead atoms. The fourth-order valence-electron chi connectivity index (χ4n) is 0. The number of phosphoric acid groups is 1. The van der Waals surface area contributed by atoms with Crippen LogP contribution in [0.25, 0.3) is 0 Å². The van der Waals surface area contributed by atoms with Crippen molar-refractivity contribution >= 4 is 7.82 Å². The zero-order valence-electron chi connectivity index (χ0n) is 3.61. The smallest absolute Gasteiger partial charge is 0.303 e. The average Bonchev–Trinajstić information content (AvgIpc) is 1.35. The Hall–Kier alpha value is 0.694. The number of rotatable bonds is 1. The Labute approximate surface area is 53.0 Å². The first-order valence-electron chi connectivity index (χ1n) is 1.17. The molecule has 4 nitrogen and oxygen atoms in total. The standard InChI is InChI=1S/CH5O4P.V/c1-5-6(2,3)4;/h1H3,(H2,2,3,4);. The second-order valence-corrected chi connectivity index (χ2v) is 2.02. The fraction of sp³-hybridized carbons (Fsp3) is 1.00. The van der Waals surface area contributed by atoms with Crippen molar-refractivity contribution in [3.05, 3.63) is 0 Å². The molecule has 7 heavy (non-hydrogen) atoms. The molecule has 0 spiro atoms. The molecular weight excluding hydrogens is 158 g/mol. The molecule has 0 amide bonds. The molecule has 0 aliphatic carbocycles. The van der Waals surface area contributed by atoms with E-state index in [2.05, 4.69) is 4.52 Å². The van der Waals surface area contributed by atoms with Crippen LogP contribution in [0.2, 0.25) is 0 Å². The van der Waals surface area contributed by atoms with Crippen molar-refractivity contribution < 1.29 is 37.4 Å². The monoisotopic (exact) mass is 163 g/mol. The van der Waals surface area contributed by atoms with Crippen LogP contribution in [0.15, 0.2) is 0 Å². The third kappa shape index (κ3) is 10.8. The first-order valence-corrected chi connectivity index (χ1v) is 2.70. The van der Waals surface area contributed by atoms with Gasteiger partial charge in [-0.1, -0.05) is 0 Å². The Morgan fingerprint density at radius 1 is 1.57 bits per heavy atom. The molecule has 0 aromatic carbocycles. The minimum Gasteiger partial charge on any atom is -0.303 e. The van der Waals surface area contributed by atoms with Crippen molar-refractivity contribution in [1.82, 2.24) is 0 Å². The van der Waals surface area contributed by atoms with Gasteiger partial charge < -0.3 is 9.79 Å². The van der Waals surface area contributed by atoms with Crippen LogP contribution in [0.1, 0.15) is 0 Å². The zero-order chi connectivity index (χ0) is 5.21. The molecule has 0 aliphatic rings. The first kappa shape index (κ1) is 10.6. The topological polar surface area (TPSA) is 66.8 Å². The number of hydrogen-bond acceptors (Lipinski definition) is 2. The van der Waals surface area contributed by atoms with Gasteiger partial charge in [0.1, 0.15) is 0 Å². The molecule has 0 aromatic heterocycles. The molecule has 0 aromatic rings. The summed E-state index contributed by atoms with van der Waals surface area (Å²) < 4.78 is 13.1. The summed E-state index contributed by atoms with van der Waals surface area (Å²) >= 11 is 0. The Kier molecular flexibility index (Phi) is 5.57. The van der Waals surface area contributed by atoms with Crippen molar-refractivity contribution in [2.75, 3.05) is 7.11 Å². The molecule has 0 fully saturated rings. The third-order valence-electron chi connectivity index (χ3n) is 0.238. The van der Waals surface area contributed by atoms with Crippen LogP contribution in [0.4, 0.5) is 0 Å². The second-order valence-electron chi connectivity index (χ2n) is 0.673. The van der Waals surface area contributed by atoms with Gasteiger partial charge in [-0.3, -0.25) is 4.52 Å². The Morgan fingerprint density at radius 3 is 1.71 bits per heavy atom. The van der Waals surface area contributed by atoms with Crippen LogP contribution in [-0.2, 0) is 27.6 Å². The summed E-state index contributed by atoms with van der Waals surface area (Å²) in [6.07, 6.45) is 0. The molecule has 43 valence electrons. The van der Waals surface area contributed by atoms with Crippen molar-refractivity contribution in [2.45, 2.75) is 0 Å². The number of phosphoric ester groups is 1. The molecule has 0 heterocycles. The molecule has 0 rings (SSSR count).